The zero-order chi connectivity index (χ0) is 14.7. The topological polar surface area (TPSA) is 15.3 Å². The molecule has 0 unspecified atom stereocenters. The minimum Gasteiger partial charge on any atom is -0.341 e. The van der Waals surface area contributed by atoms with Crippen molar-refractivity contribution < 1.29 is 0 Å². The number of nitrogens with one attached hydrogen (secondary N) is 1. The number of para-hydroxylation sites is 1. The molecule has 3 heteroatoms. The number of rotatable bonds is 4. The maximum absolute atomic E-state index is 6.25. The van der Waals surface area contributed by atoms with E-state index in [1.165, 1.54) is 28.9 Å². The highest BCUT2D eigenvalue weighted by atomic mass is 35.5. The molecule has 0 saturated heterocycles. The van der Waals surface area contributed by atoms with E-state index in [-0.39, 0.29) is 0 Å². The van der Waals surface area contributed by atoms with Gasteiger partial charge in [0.25, 0.3) is 0 Å². The predicted octanol–water partition coefficient (Wildman–Crippen LogP) is 4.53. The Balaban J connectivity index is 2.02. The lowest BCUT2D eigenvalue weighted by molar-refractivity contribution is 0.717. The maximum atomic E-state index is 6.25. The summed E-state index contributed by atoms with van der Waals surface area (Å²) in [5.74, 6) is 0. The lowest BCUT2D eigenvalue weighted by Crippen LogP contribution is -2.26. The number of halogens is 1. The minimum absolute atomic E-state index is 0.799. The van der Waals surface area contributed by atoms with Gasteiger partial charge in [0.15, 0.2) is 0 Å². The highest BCUT2D eigenvalue weighted by molar-refractivity contribution is 6.30. The first-order valence-corrected chi connectivity index (χ1v) is 8.02. The van der Waals surface area contributed by atoms with Crippen LogP contribution in [0, 0.1) is 0 Å². The molecule has 1 heterocycles. The van der Waals surface area contributed by atoms with Crippen LogP contribution in [-0.2, 0) is 13.0 Å². The fourth-order valence-corrected chi connectivity index (χ4v) is 3.15. The molecule has 0 aromatic heterocycles. The molecule has 0 saturated carbocycles. The van der Waals surface area contributed by atoms with Crippen LogP contribution in [0.1, 0.15) is 24.5 Å². The van der Waals surface area contributed by atoms with E-state index in [1.807, 2.05) is 6.07 Å². The van der Waals surface area contributed by atoms with Crippen LogP contribution in [0.5, 0.6) is 0 Å². The molecule has 0 aliphatic carbocycles. The van der Waals surface area contributed by atoms with Crippen LogP contribution >= 0.6 is 11.6 Å². The van der Waals surface area contributed by atoms with Crippen molar-refractivity contribution in [3.63, 3.8) is 0 Å². The number of hydrogen-bond donors (Lipinski definition) is 1. The second-order valence-corrected chi connectivity index (χ2v) is 5.87. The van der Waals surface area contributed by atoms with Gasteiger partial charge in [0.05, 0.1) is 0 Å². The zero-order valence-electron chi connectivity index (χ0n) is 12.4. The third-order valence-electron chi connectivity index (χ3n) is 4.01. The van der Waals surface area contributed by atoms with E-state index in [0.29, 0.717) is 0 Å². The molecule has 0 bridgehead atoms. The van der Waals surface area contributed by atoms with Crippen LogP contribution in [0.25, 0.3) is 0 Å². The molecule has 0 spiro atoms. The molecule has 2 nitrogen and oxygen atoms in total. The molecule has 1 aliphatic heterocycles. The van der Waals surface area contributed by atoms with Gasteiger partial charge in [0.2, 0.25) is 0 Å². The quantitative estimate of drug-likeness (QED) is 0.892. The normalized spacial score (nSPS) is 14.1. The van der Waals surface area contributed by atoms with E-state index in [2.05, 4.69) is 53.5 Å². The Labute approximate surface area is 131 Å². The van der Waals surface area contributed by atoms with Crippen LogP contribution in [0.2, 0.25) is 5.02 Å². The molecule has 1 N–H and O–H groups in total. The standard InChI is InChI=1S/C18H21ClN2/c1-2-20-13-15-9-10-16(19)12-18(15)21-11-5-7-14-6-3-4-8-17(14)21/h3-4,6,8-10,12,20H,2,5,7,11,13H2,1H3. The summed E-state index contributed by atoms with van der Waals surface area (Å²) in [6.07, 6.45) is 2.35. The third-order valence-corrected chi connectivity index (χ3v) is 4.25. The fraction of sp³-hybridized carbons (Fsp3) is 0.333. The Kier molecular flexibility index (Phi) is 4.47. The first kappa shape index (κ1) is 14.4. The van der Waals surface area contributed by atoms with Gasteiger partial charge in [0.1, 0.15) is 0 Å². The highest BCUT2D eigenvalue weighted by Gasteiger charge is 2.20. The molecular weight excluding hydrogens is 280 g/mol. The van der Waals surface area contributed by atoms with Crippen molar-refractivity contribution in [1.29, 1.82) is 0 Å². The Morgan fingerprint density at radius 2 is 2.00 bits per heavy atom. The van der Waals surface area contributed by atoms with Crippen LogP contribution in [0.3, 0.4) is 0 Å². The third kappa shape index (κ3) is 3.07. The van der Waals surface area contributed by atoms with Crippen LogP contribution in [-0.4, -0.2) is 13.1 Å². The summed E-state index contributed by atoms with van der Waals surface area (Å²) in [6.45, 7) is 5.03. The first-order valence-electron chi connectivity index (χ1n) is 7.64. The van der Waals surface area contributed by atoms with E-state index in [1.54, 1.807) is 0 Å². The number of nitrogens with zero attached hydrogens (tertiary/aromatic N) is 1. The van der Waals surface area contributed by atoms with E-state index < -0.39 is 0 Å². The summed E-state index contributed by atoms with van der Waals surface area (Å²) in [5, 5.41) is 4.22. The van der Waals surface area contributed by atoms with Gasteiger partial charge in [-0.3, -0.25) is 0 Å². The summed E-state index contributed by atoms with van der Waals surface area (Å²) in [5.41, 5.74) is 5.29. The van der Waals surface area contributed by atoms with Crippen molar-refractivity contribution in [2.45, 2.75) is 26.3 Å². The summed E-state index contributed by atoms with van der Waals surface area (Å²) >= 11 is 6.25. The highest BCUT2D eigenvalue weighted by Crippen LogP contribution is 2.36. The summed E-state index contributed by atoms with van der Waals surface area (Å²) in [7, 11) is 0. The molecule has 2 aromatic carbocycles. The lowest BCUT2D eigenvalue weighted by atomic mass is 10.00. The van der Waals surface area contributed by atoms with E-state index in [9.17, 15) is 0 Å². The lowest BCUT2D eigenvalue weighted by Gasteiger charge is -2.33. The van der Waals surface area contributed by atoms with Gasteiger partial charge < -0.3 is 10.2 Å². The molecule has 2 aromatic rings. The van der Waals surface area contributed by atoms with Gasteiger partial charge in [-0.15, -0.1) is 0 Å². The molecule has 0 atom stereocenters. The number of hydrogen-bond acceptors (Lipinski definition) is 2. The molecule has 0 radical (unpaired) electrons. The van der Waals surface area contributed by atoms with Gasteiger partial charge >= 0.3 is 0 Å². The second kappa shape index (κ2) is 6.50. The Morgan fingerprint density at radius 1 is 1.14 bits per heavy atom. The molecule has 3 rings (SSSR count). The van der Waals surface area contributed by atoms with Crippen LogP contribution < -0.4 is 10.2 Å². The number of fused-ring (bicyclic) bond motifs is 1. The van der Waals surface area contributed by atoms with Crippen LogP contribution in [0.4, 0.5) is 11.4 Å². The molecule has 21 heavy (non-hydrogen) atoms. The summed E-state index contributed by atoms with van der Waals surface area (Å²) in [6, 6.07) is 14.9. The average Bonchev–Trinajstić information content (AvgIpc) is 2.53. The Hall–Kier alpha value is -1.51. The summed E-state index contributed by atoms with van der Waals surface area (Å²) in [4.78, 5) is 2.41. The van der Waals surface area contributed by atoms with Crippen molar-refractivity contribution in [1.82, 2.24) is 5.32 Å². The Bertz CT molecular complexity index is 624. The van der Waals surface area contributed by atoms with Gasteiger partial charge in [0, 0.05) is 29.5 Å². The minimum atomic E-state index is 0.799. The molecule has 0 amide bonds. The maximum Gasteiger partial charge on any atom is 0.0471 e. The van der Waals surface area contributed by atoms with Crippen molar-refractivity contribution in [2.75, 3.05) is 18.0 Å². The SMILES string of the molecule is CCNCc1ccc(Cl)cc1N1CCCc2ccccc21. The predicted molar refractivity (Wildman–Crippen MR) is 90.6 cm³/mol. The largest absolute Gasteiger partial charge is 0.341 e. The number of benzene rings is 2. The molecule has 110 valence electrons. The molecular formula is C18H21ClN2. The van der Waals surface area contributed by atoms with E-state index >= 15 is 0 Å². The van der Waals surface area contributed by atoms with Crippen molar-refractivity contribution in [2.24, 2.45) is 0 Å². The first-order chi connectivity index (χ1) is 10.3. The Morgan fingerprint density at radius 3 is 2.86 bits per heavy atom. The van der Waals surface area contributed by atoms with Gasteiger partial charge in [-0.2, -0.15) is 0 Å². The van der Waals surface area contributed by atoms with Gasteiger partial charge in [-0.25, -0.2) is 0 Å². The van der Waals surface area contributed by atoms with Crippen molar-refractivity contribution in [3.05, 3.63) is 58.6 Å². The van der Waals surface area contributed by atoms with Gasteiger partial charge in [-0.05, 0) is 48.7 Å². The average molecular weight is 301 g/mol. The fourth-order valence-electron chi connectivity index (χ4n) is 2.98. The molecule has 1 aliphatic rings. The monoisotopic (exact) mass is 300 g/mol. The van der Waals surface area contributed by atoms with Crippen molar-refractivity contribution >= 4 is 23.0 Å². The van der Waals surface area contributed by atoms with Crippen LogP contribution in [0.15, 0.2) is 42.5 Å². The second-order valence-electron chi connectivity index (χ2n) is 5.44. The van der Waals surface area contributed by atoms with Crippen molar-refractivity contribution in [3.8, 4) is 0 Å². The summed E-state index contributed by atoms with van der Waals surface area (Å²) < 4.78 is 0. The number of aryl methyl sites for hydroxylation is 1. The zero-order valence-corrected chi connectivity index (χ0v) is 13.2. The smallest absolute Gasteiger partial charge is 0.0471 e. The van der Waals surface area contributed by atoms with Gasteiger partial charge in [-0.1, -0.05) is 42.8 Å². The van der Waals surface area contributed by atoms with E-state index in [0.717, 1.165) is 31.1 Å². The molecule has 0 fully saturated rings. The number of anilines is 2. The van der Waals surface area contributed by atoms with E-state index in [4.69, 9.17) is 11.6 Å².